The number of hydrogen-bond donors (Lipinski definition) is 2. The fourth-order valence-electron chi connectivity index (χ4n) is 1.73. The topological polar surface area (TPSA) is 84.2 Å². The van der Waals surface area contributed by atoms with Crippen LogP contribution in [0.1, 0.15) is 5.56 Å². The van der Waals surface area contributed by atoms with Gasteiger partial charge in [0.1, 0.15) is 4.90 Å². The van der Waals surface area contributed by atoms with Gasteiger partial charge in [-0.25, -0.2) is 13.1 Å². The highest BCUT2D eigenvalue weighted by molar-refractivity contribution is 7.89. The number of aromatic nitrogens is 2. The summed E-state index contributed by atoms with van der Waals surface area (Å²) >= 11 is 11.8. The zero-order chi connectivity index (χ0) is 15.5. The van der Waals surface area contributed by atoms with Crippen molar-refractivity contribution in [1.29, 1.82) is 0 Å². The molecule has 0 saturated carbocycles. The second-order valence-corrected chi connectivity index (χ2v) is 6.75. The third-order valence-electron chi connectivity index (χ3n) is 2.73. The van der Waals surface area contributed by atoms with Crippen molar-refractivity contribution in [2.24, 2.45) is 0 Å². The first kappa shape index (κ1) is 16.3. The van der Waals surface area contributed by atoms with E-state index in [0.717, 1.165) is 0 Å². The van der Waals surface area contributed by atoms with E-state index in [1.807, 2.05) is 0 Å². The molecule has 0 saturated heterocycles. The predicted molar refractivity (Wildman–Crippen MR) is 79.8 cm³/mol. The van der Waals surface area contributed by atoms with Gasteiger partial charge in [0.05, 0.1) is 18.2 Å². The molecule has 21 heavy (non-hydrogen) atoms. The fraction of sp³-hybridized carbons (Fsp3) is 0.250. The lowest BCUT2D eigenvalue weighted by Gasteiger charge is -2.11. The van der Waals surface area contributed by atoms with Gasteiger partial charge in [0, 0.05) is 24.0 Å². The molecule has 2 N–H and O–H groups in total. The van der Waals surface area contributed by atoms with E-state index in [1.54, 1.807) is 23.1 Å². The molecule has 0 unspecified atom stereocenters. The average molecular weight is 350 g/mol. The van der Waals surface area contributed by atoms with Crippen LogP contribution in [0.3, 0.4) is 0 Å². The van der Waals surface area contributed by atoms with Crippen molar-refractivity contribution in [3.63, 3.8) is 0 Å². The summed E-state index contributed by atoms with van der Waals surface area (Å²) in [6, 6.07) is 4.42. The summed E-state index contributed by atoms with van der Waals surface area (Å²) in [5.74, 6) is 0. The number of aliphatic hydroxyl groups excluding tert-OH is 1. The molecule has 0 atom stereocenters. The van der Waals surface area contributed by atoms with Crippen LogP contribution in [0.4, 0.5) is 0 Å². The average Bonchev–Trinajstić information content (AvgIpc) is 2.93. The molecule has 0 aliphatic heterocycles. The fourth-order valence-corrected chi connectivity index (χ4v) is 3.68. The van der Waals surface area contributed by atoms with Gasteiger partial charge in [-0.3, -0.25) is 4.68 Å². The third kappa shape index (κ3) is 3.96. The molecular formula is C12H13Cl2N3O3S. The number of rotatable bonds is 6. The Morgan fingerprint density at radius 1 is 1.33 bits per heavy atom. The van der Waals surface area contributed by atoms with Gasteiger partial charge in [-0.1, -0.05) is 23.2 Å². The van der Waals surface area contributed by atoms with Gasteiger partial charge in [0.2, 0.25) is 10.0 Å². The molecule has 0 aliphatic carbocycles. The Kier molecular flexibility index (Phi) is 5.23. The van der Waals surface area contributed by atoms with Crippen LogP contribution in [0.15, 0.2) is 35.5 Å². The maximum absolute atomic E-state index is 12.2. The standard InChI is InChI=1S/C12H13Cl2N3O3S/c13-10-6-9(8-18)12(14)11(7-10)21(19,20)16-3-5-17-4-1-2-15-17/h1-2,4,6-7,16,18H,3,5,8H2. The Hall–Kier alpha value is -1.12. The van der Waals surface area contributed by atoms with Gasteiger partial charge in [0.25, 0.3) is 0 Å². The zero-order valence-corrected chi connectivity index (χ0v) is 13.2. The van der Waals surface area contributed by atoms with Crippen LogP contribution in [0.5, 0.6) is 0 Å². The first-order valence-corrected chi connectivity index (χ1v) is 8.24. The normalized spacial score (nSPS) is 11.8. The maximum atomic E-state index is 12.2. The van der Waals surface area contributed by atoms with Crippen molar-refractivity contribution in [1.82, 2.24) is 14.5 Å². The molecule has 114 valence electrons. The highest BCUT2D eigenvalue weighted by Crippen LogP contribution is 2.29. The summed E-state index contributed by atoms with van der Waals surface area (Å²) in [5, 5.41) is 13.3. The Morgan fingerprint density at radius 2 is 2.10 bits per heavy atom. The van der Waals surface area contributed by atoms with Crippen LogP contribution < -0.4 is 4.72 Å². The molecule has 0 fully saturated rings. The van der Waals surface area contributed by atoms with Crippen LogP contribution in [-0.4, -0.2) is 29.8 Å². The number of sulfonamides is 1. The van der Waals surface area contributed by atoms with Gasteiger partial charge in [-0.15, -0.1) is 0 Å². The highest BCUT2D eigenvalue weighted by atomic mass is 35.5. The quantitative estimate of drug-likeness (QED) is 0.830. The number of nitrogens with one attached hydrogen (secondary N) is 1. The molecule has 6 nitrogen and oxygen atoms in total. The van der Waals surface area contributed by atoms with E-state index in [2.05, 4.69) is 9.82 Å². The number of aliphatic hydroxyl groups is 1. The van der Waals surface area contributed by atoms with Gasteiger partial charge in [-0.2, -0.15) is 5.10 Å². The molecular weight excluding hydrogens is 337 g/mol. The molecule has 0 bridgehead atoms. The summed E-state index contributed by atoms with van der Waals surface area (Å²) in [6.45, 7) is 0.147. The lowest BCUT2D eigenvalue weighted by Crippen LogP contribution is -2.28. The van der Waals surface area contributed by atoms with Gasteiger partial charge in [-0.05, 0) is 23.8 Å². The van der Waals surface area contributed by atoms with Crippen LogP contribution in [0.25, 0.3) is 0 Å². The monoisotopic (exact) mass is 349 g/mol. The summed E-state index contributed by atoms with van der Waals surface area (Å²) in [6.07, 6.45) is 3.33. The van der Waals surface area contributed by atoms with E-state index >= 15 is 0 Å². The largest absolute Gasteiger partial charge is 0.392 e. The molecule has 2 aromatic rings. The van der Waals surface area contributed by atoms with Crippen molar-refractivity contribution in [2.75, 3.05) is 6.54 Å². The van der Waals surface area contributed by atoms with E-state index in [1.165, 1.54) is 12.1 Å². The Labute approximate surface area is 132 Å². The minimum Gasteiger partial charge on any atom is -0.392 e. The lowest BCUT2D eigenvalue weighted by atomic mass is 10.2. The number of halogens is 2. The first-order chi connectivity index (χ1) is 9.94. The molecule has 0 amide bonds. The first-order valence-electron chi connectivity index (χ1n) is 6.00. The van der Waals surface area contributed by atoms with Gasteiger partial charge >= 0.3 is 0 Å². The molecule has 0 radical (unpaired) electrons. The Balaban J connectivity index is 2.17. The highest BCUT2D eigenvalue weighted by Gasteiger charge is 2.20. The van der Waals surface area contributed by atoms with Crippen molar-refractivity contribution >= 4 is 33.2 Å². The zero-order valence-electron chi connectivity index (χ0n) is 10.8. The molecule has 2 rings (SSSR count). The van der Waals surface area contributed by atoms with Gasteiger partial charge < -0.3 is 5.11 Å². The SMILES string of the molecule is O=S(=O)(NCCn1cccn1)c1cc(Cl)cc(CO)c1Cl. The number of hydrogen-bond acceptors (Lipinski definition) is 4. The smallest absolute Gasteiger partial charge is 0.242 e. The number of nitrogens with zero attached hydrogens (tertiary/aromatic N) is 2. The lowest BCUT2D eigenvalue weighted by molar-refractivity contribution is 0.281. The van der Waals surface area contributed by atoms with E-state index in [-0.39, 0.29) is 27.0 Å². The summed E-state index contributed by atoms with van der Waals surface area (Å²) in [5.41, 5.74) is 0.261. The van der Waals surface area contributed by atoms with Crippen molar-refractivity contribution in [2.45, 2.75) is 18.0 Å². The third-order valence-corrected chi connectivity index (χ3v) is 4.99. The molecule has 1 aromatic heterocycles. The molecule has 0 aliphatic rings. The van der Waals surface area contributed by atoms with Crippen LogP contribution in [0.2, 0.25) is 10.0 Å². The molecule has 0 spiro atoms. The van der Waals surface area contributed by atoms with Crippen molar-refractivity contribution in [3.8, 4) is 0 Å². The summed E-state index contributed by atoms with van der Waals surface area (Å²) < 4.78 is 28.5. The minimum absolute atomic E-state index is 0.0338. The van der Waals surface area contributed by atoms with Crippen molar-refractivity contribution in [3.05, 3.63) is 46.2 Å². The molecule has 1 aromatic carbocycles. The van der Waals surface area contributed by atoms with Gasteiger partial charge in [0.15, 0.2) is 0 Å². The minimum atomic E-state index is -3.82. The predicted octanol–water partition coefficient (Wildman–Crippen LogP) is 1.66. The Bertz CT molecular complexity index is 718. The molecule has 1 heterocycles. The van der Waals surface area contributed by atoms with E-state index in [0.29, 0.717) is 6.54 Å². The second-order valence-electron chi connectivity index (χ2n) is 4.20. The van der Waals surface area contributed by atoms with E-state index in [4.69, 9.17) is 28.3 Å². The summed E-state index contributed by atoms with van der Waals surface area (Å²) in [7, 11) is -3.82. The van der Waals surface area contributed by atoms with E-state index < -0.39 is 16.6 Å². The van der Waals surface area contributed by atoms with E-state index in [9.17, 15) is 8.42 Å². The summed E-state index contributed by atoms with van der Waals surface area (Å²) in [4.78, 5) is -0.152. The van der Waals surface area contributed by atoms with Crippen LogP contribution >= 0.6 is 23.2 Å². The second kappa shape index (κ2) is 6.76. The van der Waals surface area contributed by atoms with Crippen molar-refractivity contribution < 1.29 is 13.5 Å². The van der Waals surface area contributed by atoms with Crippen LogP contribution in [-0.2, 0) is 23.2 Å². The number of benzene rings is 1. The Morgan fingerprint density at radius 3 is 2.71 bits per heavy atom. The maximum Gasteiger partial charge on any atom is 0.242 e. The van der Waals surface area contributed by atoms with Crippen LogP contribution in [0, 0.1) is 0 Å². The molecule has 9 heteroatoms.